The summed E-state index contributed by atoms with van der Waals surface area (Å²) < 4.78 is 33.9. The van der Waals surface area contributed by atoms with Crippen molar-refractivity contribution in [1.29, 1.82) is 0 Å². The van der Waals surface area contributed by atoms with Crippen molar-refractivity contribution in [1.82, 2.24) is 14.3 Å². The molecule has 2 N–H and O–H groups in total. The molecule has 0 aliphatic rings. The number of aryl methyl sites for hydroxylation is 1. The summed E-state index contributed by atoms with van der Waals surface area (Å²) in [6.07, 6.45) is 3.33. The number of aromatic nitrogens is 2. The second kappa shape index (κ2) is 6.25. The average molecular weight is 311 g/mol. The molecule has 0 spiro atoms. The van der Waals surface area contributed by atoms with E-state index in [4.69, 9.17) is 9.84 Å². The van der Waals surface area contributed by atoms with E-state index in [1.165, 1.54) is 25.3 Å². The molecular formula is C13H17N3O4S. The molecule has 0 saturated heterocycles. The van der Waals surface area contributed by atoms with Gasteiger partial charge in [-0.2, -0.15) is 0 Å². The highest BCUT2D eigenvalue weighted by Crippen LogP contribution is 2.25. The second-order valence-corrected chi connectivity index (χ2v) is 6.16. The number of hydrogen-bond acceptors (Lipinski definition) is 5. The summed E-state index contributed by atoms with van der Waals surface area (Å²) in [6, 6.07) is 4.44. The van der Waals surface area contributed by atoms with Gasteiger partial charge >= 0.3 is 0 Å². The monoisotopic (exact) mass is 311 g/mol. The Kier molecular flexibility index (Phi) is 4.61. The first kappa shape index (κ1) is 15.5. The van der Waals surface area contributed by atoms with E-state index in [1.807, 2.05) is 0 Å². The van der Waals surface area contributed by atoms with Crippen molar-refractivity contribution in [3.05, 3.63) is 42.0 Å². The number of benzene rings is 1. The van der Waals surface area contributed by atoms with Gasteiger partial charge in [-0.3, -0.25) is 0 Å². The maximum absolute atomic E-state index is 12.3. The number of nitrogens with zero attached hydrogens (tertiary/aromatic N) is 2. The van der Waals surface area contributed by atoms with Gasteiger partial charge in [-0.25, -0.2) is 18.1 Å². The van der Waals surface area contributed by atoms with Crippen LogP contribution >= 0.6 is 0 Å². The van der Waals surface area contributed by atoms with Crippen LogP contribution in [0.15, 0.2) is 35.5 Å². The van der Waals surface area contributed by atoms with E-state index < -0.39 is 10.0 Å². The maximum atomic E-state index is 12.3. The van der Waals surface area contributed by atoms with Gasteiger partial charge in [0.2, 0.25) is 10.0 Å². The van der Waals surface area contributed by atoms with Crippen molar-refractivity contribution in [2.75, 3.05) is 7.11 Å². The predicted molar refractivity (Wildman–Crippen MR) is 76.2 cm³/mol. The molecule has 1 heterocycles. The second-order valence-electron chi connectivity index (χ2n) is 4.42. The van der Waals surface area contributed by atoms with Gasteiger partial charge in [-0.05, 0) is 17.7 Å². The summed E-state index contributed by atoms with van der Waals surface area (Å²) in [4.78, 5) is 4.08. The van der Waals surface area contributed by atoms with E-state index in [2.05, 4.69) is 9.71 Å². The lowest BCUT2D eigenvalue weighted by Crippen LogP contribution is -2.25. The molecule has 21 heavy (non-hydrogen) atoms. The van der Waals surface area contributed by atoms with Crippen LogP contribution in [0.1, 0.15) is 11.4 Å². The van der Waals surface area contributed by atoms with Gasteiger partial charge in [0.25, 0.3) is 0 Å². The zero-order valence-electron chi connectivity index (χ0n) is 11.8. The number of rotatable bonds is 6. The number of sulfonamides is 1. The molecule has 1 aromatic heterocycles. The number of imidazole rings is 1. The maximum Gasteiger partial charge on any atom is 0.244 e. The highest BCUT2D eigenvalue weighted by atomic mass is 32.2. The number of aliphatic hydroxyl groups excluding tert-OH is 1. The third-order valence-electron chi connectivity index (χ3n) is 3.04. The van der Waals surface area contributed by atoms with Crippen LogP contribution in [0.25, 0.3) is 0 Å². The van der Waals surface area contributed by atoms with Gasteiger partial charge in [0, 0.05) is 19.4 Å². The molecule has 0 radical (unpaired) electrons. The largest absolute Gasteiger partial charge is 0.495 e. The molecule has 1 aromatic carbocycles. The Morgan fingerprint density at radius 1 is 1.43 bits per heavy atom. The van der Waals surface area contributed by atoms with Crippen LogP contribution < -0.4 is 9.46 Å². The van der Waals surface area contributed by atoms with E-state index in [-0.39, 0.29) is 23.8 Å². The Morgan fingerprint density at radius 3 is 2.76 bits per heavy atom. The molecule has 0 saturated carbocycles. The van der Waals surface area contributed by atoms with Crippen LogP contribution in [-0.2, 0) is 30.2 Å². The fourth-order valence-corrected chi connectivity index (χ4v) is 2.97. The minimum Gasteiger partial charge on any atom is -0.495 e. The minimum atomic E-state index is -3.73. The van der Waals surface area contributed by atoms with Gasteiger partial charge in [0.1, 0.15) is 16.5 Å². The topological polar surface area (TPSA) is 93.4 Å². The molecule has 0 atom stereocenters. The zero-order chi connectivity index (χ0) is 15.5. The molecule has 0 fully saturated rings. The molecule has 7 nitrogen and oxygen atoms in total. The quantitative estimate of drug-likeness (QED) is 0.805. The summed E-state index contributed by atoms with van der Waals surface area (Å²) in [7, 11) is -0.563. The van der Waals surface area contributed by atoms with Gasteiger partial charge in [-0.15, -0.1) is 0 Å². The molecule has 0 aliphatic heterocycles. The molecule has 2 rings (SSSR count). The molecule has 114 valence electrons. The van der Waals surface area contributed by atoms with Crippen molar-refractivity contribution in [2.24, 2.45) is 7.05 Å². The third-order valence-corrected chi connectivity index (χ3v) is 4.48. The molecule has 2 aromatic rings. The SMILES string of the molecule is COc1cc(CO)ccc1S(=O)(=O)NCc1nccn1C. The van der Waals surface area contributed by atoms with Crippen molar-refractivity contribution in [2.45, 2.75) is 18.0 Å². The lowest BCUT2D eigenvalue weighted by atomic mass is 10.2. The highest BCUT2D eigenvalue weighted by Gasteiger charge is 2.20. The molecule has 0 unspecified atom stereocenters. The normalized spacial score (nSPS) is 11.6. The summed E-state index contributed by atoms with van der Waals surface area (Å²) in [5, 5.41) is 9.08. The lowest BCUT2D eigenvalue weighted by Gasteiger charge is -2.11. The van der Waals surface area contributed by atoms with E-state index in [0.29, 0.717) is 11.4 Å². The predicted octanol–water partition coefficient (Wildman–Crippen LogP) is 0.399. The van der Waals surface area contributed by atoms with E-state index >= 15 is 0 Å². The van der Waals surface area contributed by atoms with Gasteiger partial charge < -0.3 is 14.4 Å². The first-order chi connectivity index (χ1) is 9.97. The Balaban J connectivity index is 2.25. The fourth-order valence-electron chi connectivity index (χ4n) is 1.84. The van der Waals surface area contributed by atoms with Crippen LogP contribution in [0, 0.1) is 0 Å². The van der Waals surface area contributed by atoms with Crippen LogP contribution in [-0.4, -0.2) is 30.2 Å². The number of hydrogen-bond donors (Lipinski definition) is 2. The van der Waals surface area contributed by atoms with Crippen LogP contribution in [0.2, 0.25) is 0 Å². The van der Waals surface area contributed by atoms with Crippen molar-refractivity contribution in [3.63, 3.8) is 0 Å². The first-order valence-corrected chi connectivity index (χ1v) is 7.70. The Bertz CT molecular complexity index is 725. The average Bonchev–Trinajstić information content (AvgIpc) is 2.89. The number of methoxy groups -OCH3 is 1. The summed E-state index contributed by atoms with van der Waals surface area (Å²) in [5.74, 6) is 0.790. The molecule has 0 aliphatic carbocycles. The van der Waals surface area contributed by atoms with Crippen molar-refractivity contribution < 1.29 is 18.3 Å². The standard InChI is InChI=1S/C13H17N3O4S/c1-16-6-5-14-13(16)8-15-21(18,19)12-4-3-10(9-17)7-11(12)20-2/h3-7,15,17H,8-9H2,1-2H3. The minimum absolute atomic E-state index is 0.0245. The van der Waals surface area contributed by atoms with Gasteiger partial charge in [0.15, 0.2) is 0 Å². The summed E-state index contributed by atoms with van der Waals surface area (Å²) in [6.45, 7) is -0.103. The Hall–Kier alpha value is -1.90. The van der Waals surface area contributed by atoms with Crippen molar-refractivity contribution in [3.8, 4) is 5.75 Å². The highest BCUT2D eigenvalue weighted by molar-refractivity contribution is 7.89. The summed E-state index contributed by atoms with van der Waals surface area (Å²) in [5.41, 5.74) is 0.579. The Labute approximate surface area is 123 Å². The van der Waals surface area contributed by atoms with Gasteiger partial charge in [0.05, 0.1) is 20.3 Å². The van der Waals surface area contributed by atoms with Gasteiger partial charge in [-0.1, -0.05) is 6.07 Å². The Morgan fingerprint density at radius 2 is 2.19 bits per heavy atom. The van der Waals surface area contributed by atoms with E-state index in [1.54, 1.807) is 24.0 Å². The third kappa shape index (κ3) is 3.41. The number of nitrogens with one attached hydrogen (secondary N) is 1. The smallest absolute Gasteiger partial charge is 0.244 e. The summed E-state index contributed by atoms with van der Waals surface area (Å²) >= 11 is 0. The van der Waals surface area contributed by atoms with E-state index in [9.17, 15) is 8.42 Å². The van der Waals surface area contributed by atoms with Crippen LogP contribution in [0.3, 0.4) is 0 Å². The molecule has 0 amide bonds. The number of aliphatic hydroxyl groups is 1. The molecule has 0 bridgehead atoms. The molecular weight excluding hydrogens is 294 g/mol. The zero-order valence-corrected chi connectivity index (χ0v) is 12.6. The fraction of sp³-hybridized carbons (Fsp3) is 0.308. The lowest BCUT2D eigenvalue weighted by molar-refractivity contribution is 0.280. The van der Waals surface area contributed by atoms with Crippen molar-refractivity contribution >= 4 is 10.0 Å². The molecule has 8 heteroatoms. The first-order valence-electron chi connectivity index (χ1n) is 6.21. The van der Waals surface area contributed by atoms with Crippen LogP contribution in [0.5, 0.6) is 5.75 Å². The number of ether oxygens (including phenoxy) is 1. The van der Waals surface area contributed by atoms with Crippen LogP contribution in [0.4, 0.5) is 0 Å². The van der Waals surface area contributed by atoms with E-state index in [0.717, 1.165) is 0 Å².